The van der Waals surface area contributed by atoms with E-state index in [1.54, 1.807) is 0 Å². The predicted octanol–water partition coefficient (Wildman–Crippen LogP) is 4.24. The summed E-state index contributed by atoms with van der Waals surface area (Å²) in [5.74, 6) is 2.66. The highest BCUT2D eigenvalue weighted by atomic mass is 14.9. The fourth-order valence-electron chi connectivity index (χ4n) is 3.46. The Morgan fingerprint density at radius 2 is 1.67 bits per heavy atom. The van der Waals surface area contributed by atoms with Gasteiger partial charge in [-0.3, -0.25) is 0 Å². The molecule has 0 aliphatic heterocycles. The molecule has 0 spiro atoms. The third-order valence-electron chi connectivity index (χ3n) is 4.39. The normalized spacial score (nSPS) is 30.1. The first-order valence-electron chi connectivity index (χ1n) is 7.42. The number of hydrogen-bond donors (Lipinski definition) is 1. The summed E-state index contributed by atoms with van der Waals surface area (Å²) in [6, 6.07) is 11.4. The largest absolute Gasteiger partial charge is 0.310 e. The second-order valence-corrected chi connectivity index (χ2v) is 6.33. The van der Waals surface area contributed by atoms with Gasteiger partial charge in [-0.2, -0.15) is 0 Å². The maximum atomic E-state index is 3.71. The molecular weight excluding hydrogens is 218 g/mol. The molecule has 1 aliphatic rings. The van der Waals surface area contributed by atoms with Gasteiger partial charge in [-0.25, -0.2) is 0 Å². The molecule has 1 heteroatoms. The van der Waals surface area contributed by atoms with Crippen LogP contribution < -0.4 is 5.32 Å². The van der Waals surface area contributed by atoms with E-state index in [9.17, 15) is 0 Å². The molecule has 0 radical (unpaired) electrons. The molecule has 1 aliphatic carbocycles. The fraction of sp³-hybridized carbons (Fsp3) is 0.647. The molecule has 1 saturated carbocycles. The van der Waals surface area contributed by atoms with Crippen LogP contribution in [0.4, 0.5) is 0 Å². The third kappa shape index (κ3) is 3.84. The van der Waals surface area contributed by atoms with Crippen LogP contribution in [0.3, 0.4) is 0 Å². The van der Waals surface area contributed by atoms with E-state index in [-0.39, 0.29) is 0 Å². The Labute approximate surface area is 112 Å². The van der Waals surface area contributed by atoms with Crippen molar-refractivity contribution in [2.45, 2.75) is 52.6 Å². The number of nitrogens with one attached hydrogen (secondary N) is 1. The summed E-state index contributed by atoms with van der Waals surface area (Å²) in [4.78, 5) is 0. The van der Waals surface area contributed by atoms with Crippen LogP contribution >= 0.6 is 0 Å². The van der Waals surface area contributed by atoms with Gasteiger partial charge in [0.15, 0.2) is 0 Å². The topological polar surface area (TPSA) is 12.0 Å². The average molecular weight is 245 g/mol. The van der Waals surface area contributed by atoms with Crippen LogP contribution in [0.15, 0.2) is 30.3 Å². The smallest absolute Gasteiger partial charge is 0.0208 e. The highest BCUT2D eigenvalue weighted by molar-refractivity contribution is 5.14. The lowest BCUT2D eigenvalue weighted by Crippen LogP contribution is -2.37. The van der Waals surface area contributed by atoms with Crippen LogP contribution in [-0.4, -0.2) is 6.04 Å². The highest BCUT2D eigenvalue weighted by Crippen LogP contribution is 2.34. The van der Waals surface area contributed by atoms with Crippen LogP contribution in [0.1, 0.15) is 45.6 Å². The molecule has 1 aromatic carbocycles. The zero-order valence-corrected chi connectivity index (χ0v) is 12.0. The third-order valence-corrected chi connectivity index (χ3v) is 4.39. The summed E-state index contributed by atoms with van der Waals surface area (Å²) in [5, 5.41) is 3.71. The molecule has 0 saturated heterocycles. The van der Waals surface area contributed by atoms with E-state index in [0.29, 0.717) is 6.04 Å². The SMILES string of the molecule is CC1CC(C)CC(C(C)NCc2ccccc2)C1. The lowest BCUT2D eigenvalue weighted by atomic mass is 9.74. The first kappa shape index (κ1) is 13.6. The van der Waals surface area contributed by atoms with Crippen molar-refractivity contribution in [1.29, 1.82) is 0 Å². The molecular formula is C17H27N. The Bertz CT molecular complexity index is 336. The minimum atomic E-state index is 0.635. The van der Waals surface area contributed by atoms with Gasteiger partial charge in [0, 0.05) is 12.6 Å². The predicted molar refractivity (Wildman–Crippen MR) is 78.4 cm³/mol. The van der Waals surface area contributed by atoms with Crippen molar-refractivity contribution in [3.63, 3.8) is 0 Å². The molecule has 1 aromatic rings. The molecule has 100 valence electrons. The highest BCUT2D eigenvalue weighted by Gasteiger charge is 2.27. The van der Waals surface area contributed by atoms with E-state index in [1.807, 2.05) is 0 Å². The van der Waals surface area contributed by atoms with Crippen LogP contribution in [0.2, 0.25) is 0 Å². The van der Waals surface area contributed by atoms with Crippen molar-refractivity contribution in [1.82, 2.24) is 5.32 Å². The van der Waals surface area contributed by atoms with Gasteiger partial charge < -0.3 is 5.32 Å². The lowest BCUT2D eigenvalue weighted by Gasteiger charge is -2.35. The summed E-state index contributed by atoms with van der Waals surface area (Å²) in [6.45, 7) is 8.18. The quantitative estimate of drug-likeness (QED) is 0.836. The van der Waals surface area contributed by atoms with Crippen molar-refractivity contribution in [3.05, 3.63) is 35.9 Å². The van der Waals surface area contributed by atoms with Crippen LogP contribution in [0.5, 0.6) is 0 Å². The van der Waals surface area contributed by atoms with Gasteiger partial charge in [-0.05, 0) is 49.5 Å². The molecule has 0 bridgehead atoms. The summed E-state index contributed by atoms with van der Waals surface area (Å²) < 4.78 is 0. The van der Waals surface area contributed by atoms with Gasteiger partial charge >= 0.3 is 0 Å². The number of benzene rings is 1. The number of hydrogen-bond acceptors (Lipinski definition) is 1. The van der Waals surface area contributed by atoms with Crippen LogP contribution in [0, 0.1) is 17.8 Å². The standard InChI is InChI=1S/C17H27N/c1-13-9-14(2)11-17(10-13)15(3)18-12-16-7-5-4-6-8-16/h4-8,13-15,17-18H,9-12H2,1-3H3. The van der Waals surface area contributed by atoms with Gasteiger partial charge in [0.25, 0.3) is 0 Å². The maximum absolute atomic E-state index is 3.71. The summed E-state index contributed by atoms with van der Waals surface area (Å²) >= 11 is 0. The molecule has 1 nitrogen and oxygen atoms in total. The Morgan fingerprint density at radius 3 is 2.28 bits per heavy atom. The van der Waals surface area contributed by atoms with Crippen molar-refractivity contribution in [2.24, 2.45) is 17.8 Å². The first-order chi connectivity index (χ1) is 8.65. The van der Waals surface area contributed by atoms with Crippen LogP contribution in [-0.2, 0) is 6.54 Å². The lowest BCUT2D eigenvalue weighted by molar-refractivity contribution is 0.182. The second kappa shape index (κ2) is 6.38. The molecule has 1 N–H and O–H groups in total. The van der Waals surface area contributed by atoms with Gasteiger partial charge in [0.05, 0.1) is 0 Å². The van der Waals surface area contributed by atoms with Gasteiger partial charge in [0.2, 0.25) is 0 Å². The first-order valence-corrected chi connectivity index (χ1v) is 7.42. The Morgan fingerprint density at radius 1 is 1.06 bits per heavy atom. The number of rotatable bonds is 4. The van der Waals surface area contributed by atoms with Gasteiger partial charge in [-0.1, -0.05) is 44.2 Å². The molecule has 2 rings (SSSR count). The van der Waals surface area contributed by atoms with Crippen molar-refractivity contribution < 1.29 is 0 Å². The van der Waals surface area contributed by atoms with Gasteiger partial charge in [0.1, 0.15) is 0 Å². The molecule has 18 heavy (non-hydrogen) atoms. The molecule has 3 atom stereocenters. The summed E-state index contributed by atoms with van der Waals surface area (Å²) in [7, 11) is 0. The van der Waals surface area contributed by atoms with E-state index in [0.717, 1.165) is 24.3 Å². The minimum absolute atomic E-state index is 0.635. The Kier molecular flexibility index (Phi) is 4.82. The van der Waals surface area contributed by atoms with E-state index >= 15 is 0 Å². The van der Waals surface area contributed by atoms with Crippen molar-refractivity contribution >= 4 is 0 Å². The molecule has 3 unspecified atom stereocenters. The van der Waals surface area contributed by atoms with Gasteiger partial charge in [-0.15, -0.1) is 0 Å². The molecule has 0 amide bonds. The van der Waals surface area contributed by atoms with E-state index in [2.05, 4.69) is 56.4 Å². The Hall–Kier alpha value is -0.820. The molecule has 1 fully saturated rings. The van der Waals surface area contributed by atoms with E-state index < -0.39 is 0 Å². The van der Waals surface area contributed by atoms with E-state index in [1.165, 1.54) is 24.8 Å². The summed E-state index contributed by atoms with van der Waals surface area (Å²) in [5.41, 5.74) is 1.39. The van der Waals surface area contributed by atoms with Crippen LogP contribution in [0.25, 0.3) is 0 Å². The molecule has 0 heterocycles. The Balaban J connectivity index is 1.82. The van der Waals surface area contributed by atoms with Crippen molar-refractivity contribution in [2.75, 3.05) is 0 Å². The van der Waals surface area contributed by atoms with E-state index in [4.69, 9.17) is 0 Å². The zero-order chi connectivity index (χ0) is 13.0. The average Bonchev–Trinajstić information content (AvgIpc) is 2.36. The maximum Gasteiger partial charge on any atom is 0.0208 e. The minimum Gasteiger partial charge on any atom is -0.310 e. The monoisotopic (exact) mass is 245 g/mol. The van der Waals surface area contributed by atoms with Crippen molar-refractivity contribution in [3.8, 4) is 0 Å². The second-order valence-electron chi connectivity index (χ2n) is 6.33. The molecule has 0 aromatic heterocycles. The summed E-state index contributed by atoms with van der Waals surface area (Å²) in [6.07, 6.45) is 4.21. The zero-order valence-electron chi connectivity index (χ0n) is 12.0. The fourth-order valence-corrected chi connectivity index (χ4v) is 3.46.